The fraction of sp³-hybridized carbons (Fsp3) is 0.650. The molecule has 0 aromatic heterocycles. The zero-order valence-corrected chi connectivity index (χ0v) is 16.8. The molecule has 27 heavy (non-hydrogen) atoms. The van der Waals surface area contributed by atoms with E-state index in [2.05, 4.69) is 27.4 Å². The Kier molecular flexibility index (Phi) is 7.18. The van der Waals surface area contributed by atoms with E-state index in [9.17, 15) is 0 Å². The van der Waals surface area contributed by atoms with Crippen LogP contribution in [0.2, 0.25) is 0 Å². The summed E-state index contributed by atoms with van der Waals surface area (Å²) in [7, 11) is 1.66. The molecule has 3 heterocycles. The van der Waals surface area contributed by atoms with Crippen molar-refractivity contribution in [3.63, 3.8) is 0 Å². The number of aliphatic imine (C=N–C) groups is 1. The number of fused-ring (bicyclic) bond motifs is 3. The third kappa shape index (κ3) is 5.49. The molecule has 2 bridgehead atoms. The molecule has 2 unspecified atom stereocenters. The van der Waals surface area contributed by atoms with Gasteiger partial charge in [0.05, 0.1) is 13.7 Å². The second-order valence-corrected chi connectivity index (χ2v) is 7.17. The average molecular weight is 376 g/mol. The van der Waals surface area contributed by atoms with Gasteiger partial charge in [-0.05, 0) is 26.0 Å². The Morgan fingerprint density at radius 1 is 1.19 bits per heavy atom. The molecule has 2 N–H and O–H groups in total. The first-order chi connectivity index (χ1) is 13.2. The highest BCUT2D eigenvalue weighted by molar-refractivity contribution is 5.79. The first-order valence-electron chi connectivity index (χ1n) is 9.98. The van der Waals surface area contributed by atoms with Gasteiger partial charge in [0.2, 0.25) is 0 Å². The van der Waals surface area contributed by atoms with Gasteiger partial charge >= 0.3 is 0 Å². The minimum absolute atomic E-state index is 0.0442. The zero-order chi connectivity index (χ0) is 19.1. The number of hydrogen-bond donors (Lipinski definition) is 2. The van der Waals surface area contributed by atoms with Crippen molar-refractivity contribution in [2.75, 3.05) is 59.5 Å². The molecule has 1 aromatic carbocycles. The van der Waals surface area contributed by atoms with Crippen LogP contribution in [0.15, 0.2) is 29.3 Å². The first kappa shape index (κ1) is 19.8. The summed E-state index contributed by atoms with van der Waals surface area (Å²) in [6.45, 7) is 12.4. The molecule has 3 saturated heterocycles. The average Bonchev–Trinajstić information content (AvgIpc) is 2.71. The summed E-state index contributed by atoms with van der Waals surface area (Å²) in [6.07, 6.45) is -0.0442. The smallest absolute Gasteiger partial charge is 0.191 e. The van der Waals surface area contributed by atoms with E-state index in [0.717, 1.165) is 37.1 Å². The summed E-state index contributed by atoms with van der Waals surface area (Å²) in [6, 6.07) is 8.28. The predicted octanol–water partition coefficient (Wildman–Crippen LogP) is 1.02. The highest BCUT2D eigenvalue weighted by Gasteiger charge is 2.31. The van der Waals surface area contributed by atoms with E-state index in [4.69, 9.17) is 14.5 Å². The Bertz CT molecular complexity index is 616. The maximum absolute atomic E-state index is 6.00. The molecule has 0 spiro atoms. The Morgan fingerprint density at radius 2 is 1.93 bits per heavy atom. The number of benzene rings is 1. The van der Waals surface area contributed by atoms with Crippen molar-refractivity contribution >= 4 is 5.96 Å². The van der Waals surface area contributed by atoms with Gasteiger partial charge in [-0.2, -0.15) is 0 Å². The number of nitrogens with one attached hydrogen (secondary N) is 2. The summed E-state index contributed by atoms with van der Waals surface area (Å²) in [4.78, 5) is 9.85. The quantitative estimate of drug-likeness (QED) is 0.523. The number of methoxy groups -OCH3 is 1. The van der Waals surface area contributed by atoms with Crippen molar-refractivity contribution in [3.05, 3.63) is 24.3 Å². The highest BCUT2D eigenvalue weighted by Crippen LogP contribution is 2.26. The lowest BCUT2D eigenvalue weighted by atomic mass is 10.1. The lowest BCUT2D eigenvalue weighted by molar-refractivity contribution is 0.0154. The molecule has 0 amide bonds. The second-order valence-electron chi connectivity index (χ2n) is 7.17. The van der Waals surface area contributed by atoms with E-state index in [1.54, 1.807) is 7.11 Å². The van der Waals surface area contributed by atoms with Gasteiger partial charge in [-0.3, -0.25) is 9.80 Å². The summed E-state index contributed by atoms with van der Waals surface area (Å²) in [5, 5.41) is 6.84. The number of para-hydroxylation sites is 2. The van der Waals surface area contributed by atoms with Crippen molar-refractivity contribution in [1.29, 1.82) is 0 Å². The predicted molar refractivity (Wildman–Crippen MR) is 109 cm³/mol. The van der Waals surface area contributed by atoms with Gasteiger partial charge < -0.3 is 20.1 Å². The molecule has 0 saturated carbocycles. The molecule has 1 aromatic rings. The number of hydrogen-bond acceptors (Lipinski definition) is 5. The Hall–Kier alpha value is -1.99. The molecule has 0 radical (unpaired) electrons. The highest BCUT2D eigenvalue weighted by atomic mass is 16.5. The van der Waals surface area contributed by atoms with E-state index < -0.39 is 0 Å². The molecule has 3 aliphatic rings. The molecule has 4 rings (SSSR count). The molecule has 3 aliphatic heterocycles. The van der Waals surface area contributed by atoms with Crippen molar-refractivity contribution in [2.24, 2.45) is 4.99 Å². The minimum atomic E-state index is -0.0442. The van der Waals surface area contributed by atoms with Crippen LogP contribution in [0.5, 0.6) is 11.5 Å². The molecule has 3 fully saturated rings. The lowest BCUT2D eigenvalue weighted by Crippen LogP contribution is -2.63. The number of piperazine rings is 3. The van der Waals surface area contributed by atoms with Gasteiger partial charge in [0.15, 0.2) is 17.5 Å². The minimum Gasteiger partial charge on any atom is -0.493 e. The largest absolute Gasteiger partial charge is 0.493 e. The van der Waals surface area contributed by atoms with E-state index >= 15 is 0 Å². The second kappa shape index (κ2) is 9.80. The Balaban J connectivity index is 1.50. The fourth-order valence-electron chi connectivity index (χ4n) is 3.66. The number of guanidine groups is 1. The van der Waals surface area contributed by atoms with Gasteiger partial charge in [-0.25, -0.2) is 4.99 Å². The molecule has 7 heteroatoms. The standard InChI is InChI=1S/C20H33N5O2/c1-4-21-20(23-14-17-15-24-9-11-25(17)12-10-24)22-13-16(2)27-19-8-6-5-7-18(19)26-3/h5-8,16-17H,4,9-15H2,1-3H3,(H2,21,22,23). The maximum Gasteiger partial charge on any atom is 0.191 e. The number of rotatable bonds is 8. The molecule has 2 atom stereocenters. The van der Waals surface area contributed by atoms with E-state index in [1.807, 2.05) is 31.2 Å². The lowest BCUT2D eigenvalue weighted by Gasteiger charge is -2.47. The maximum atomic E-state index is 6.00. The molecule has 0 aliphatic carbocycles. The van der Waals surface area contributed by atoms with Gasteiger partial charge in [0, 0.05) is 51.9 Å². The van der Waals surface area contributed by atoms with Crippen molar-refractivity contribution < 1.29 is 9.47 Å². The van der Waals surface area contributed by atoms with Crippen LogP contribution in [0.4, 0.5) is 0 Å². The van der Waals surface area contributed by atoms with Crippen molar-refractivity contribution in [1.82, 2.24) is 20.4 Å². The third-order valence-electron chi connectivity index (χ3n) is 5.15. The monoisotopic (exact) mass is 375 g/mol. The van der Waals surface area contributed by atoms with Gasteiger partial charge in [-0.1, -0.05) is 12.1 Å². The van der Waals surface area contributed by atoms with E-state index in [0.29, 0.717) is 12.6 Å². The summed E-state index contributed by atoms with van der Waals surface area (Å²) in [5.74, 6) is 2.35. The number of ether oxygens (including phenoxy) is 2. The van der Waals surface area contributed by atoms with E-state index in [-0.39, 0.29) is 6.10 Å². The topological polar surface area (TPSA) is 61.4 Å². The molecule has 7 nitrogen and oxygen atoms in total. The van der Waals surface area contributed by atoms with Crippen LogP contribution in [0, 0.1) is 0 Å². The summed E-state index contributed by atoms with van der Waals surface area (Å²) in [5.41, 5.74) is 0. The summed E-state index contributed by atoms with van der Waals surface area (Å²) < 4.78 is 11.3. The van der Waals surface area contributed by atoms with Crippen LogP contribution in [-0.2, 0) is 0 Å². The van der Waals surface area contributed by atoms with Crippen LogP contribution in [0.25, 0.3) is 0 Å². The first-order valence-corrected chi connectivity index (χ1v) is 9.98. The number of nitrogens with zero attached hydrogens (tertiary/aromatic N) is 3. The SMILES string of the molecule is CCNC(=NCC(C)Oc1ccccc1OC)NCC1CN2CCN1CC2. The van der Waals surface area contributed by atoms with Crippen molar-refractivity contribution in [3.8, 4) is 11.5 Å². The van der Waals surface area contributed by atoms with Crippen LogP contribution in [0.3, 0.4) is 0 Å². The molecular formula is C20H33N5O2. The summed E-state index contributed by atoms with van der Waals surface area (Å²) >= 11 is 0. The van der Waals surface area contributed by atoms with Crippen LogP contribution in [-0.4, -0.2) is 87.4 Å². The fourth-order valence-corrected chi connectivity index (χ4v) is 3.66. The van der Waals surface area contributed by atoms with E-state index in [1.165, 1.54) is 26.2 Å². The Labute approximate surface area is 162 Å². The molecular weight excluding hydrogens is 342 g/mol. The Morgan fingerprint density at radius 3 is 2.56 bits per heavy atom. The van der Waals surface area contributed by atoms with Gasteiger partial charge in [0.1, 0.15) is 6.10 Å². The van der Waals surface area contributed by atoms with Crippen LogP contribution in [0.1, 0.15) is 13.8 Å². The van der Waals surface area contributed by atoms with Crippen LogP contribution < -0.4 is 20.1 Å². The normalized spacial score (nSPS) is 25.7. The van der Waals surface area contributed by atoms with Gasteiger partial charge in [0.25, 0.3) is 0 Å². The van der Waals surface area contributed by atoms with Crippen molar-refractivity contribution in [2.45, 2.75) is 26.0 Å². The zero-order valence-electron chi connectivity index (χ0n) is 16.8. The third-order valence-corrected chi connectivity index (χ3v) is 5.15. The van der Waals surface area contributed by atoms with Crippen LogP contribution >= 0.6 is 0 Å². The van der Waals surface area contributed by atoms with Gasteiger partial charge in [-0.15, -0.1) is 0 Å². The molecule has 150 valence electrons.